The van der Waals surface area contributed by atoms with E-state index in [9.17, 15) is 0 Å². The lowest BCUT2D eigenvalue weighted by Crippen LogP contribution is -1.99. The van der Waals surface area contributed by atoms with Crippen LogP contribution >= 0.6 is 0 Å². The van der Waals surface area contributed by atoms with Crippen molar-refractivity contribution >= 4 is 0 Å². The highest BCUT2D eigenvalue weighted by Crippen LogP contribution is 2.25. The molecule has 0 fully saturated rings. The molecule has 1 aromatic carbocycles. The third kappa shape index (κ3) is 8.64. The summed E-state index contributed by atoms with van der Waals surface area (Å²) in [7, 11) is 1.68. The first kappa shape index (κ1) is 17.9. The molecule has 0 spiro atoms. The van der Waals surface area contributed by atoms with E-state index in [4.69, 9.17) is 9.47 Å². The standard InChI is InChI=1S/C19H32O2/c1-3-4-5-6-7-8-9-10-11-14-17-21-19-16-13-12-15-18(19)20-2/h12-13,15-16H,3-11,14,17H2,1-2H3. The van der Waals surface area contributed by atoms with Gasteiger partial charge in [0.25, 0.3) is 0 Å². The summed E-state index contributed by atoms with van der Waals surface area (Å²) in [5.74, 6) is 1.68. The molecule has 120 valence electrons. The number of benzene rings is 1. The minimum Gasteiger partial charge on any atom is -0.493 e. The van der Waals surface area contributed by atoms with Gasteiger partial charge in [0, 0.05) is 0 Å². The number of hydrogen-bond acceptors (Lipinski definition) is 2. The van der Waals surface area contributed by atoms with E-state index in [0.717, 1.165) is 24.5 Å². The molecule has 0 aliphatic heterocycles. The van der Waals surface area contributed by atoms with E-state index in [0.29, 0.717) is 0 Å². The summed E-state index contributed by atoms with van der Waals surface area (Å²) in [6.07, 6.45) is 13.5. The maximum absolute atomic E-state index is 5.78. The Balaban J connectivity index is 1.93. The number of ether oxygens (including phenoxy) is 2. The Morgan fingerprint density at radius 3 is 1.81 bits per heavy atom. The lowest BCUT2D eigenvalue weighted by Gasteiger charge is -2.10. The average Bonchev–Trinajstić information content (AvgIpc) is 2.53. The first-order valence-electron chi connectivity index (χ1n) is 8.64. The Bertz CT molecular complexity index is 349. The van der Waals surface area contributed by atoms with E-state index in [1.807, 2.05) is 24.3 Å². The summed E-state index contributed by atoms with van der Waals surface area (Å²) < 4.78 is 11.0. The predicted octanol–water partition coefficient (Wildman–Crippen LogP) is 5.99. The molecular weight excluding hydrogens is 260 g/mol. The zero-order valence-electron chi connectivity index (χ0n) is 13.9. The van der Waals surface area contributed by atoms with E-state index in [1.165, 1.54) is 57.8 Å². The summed E-state index contributed by atoms with van der Waals surface area (Å²) in [4.78, 5) is 0. The topological polar surface area (TPSA) is 18.5 Å². The van der Waals surface area contributed by atoms with Crippen LogP contribution in [0.2, 0.25) is 0 Å². The van der Waals surface area contributed by atoms with Crippen molar-refractivity contribution in [3.63, 3.8) is 0 Å². The van der Waals surface area contributed by atoms with Gasteiger partial charge in [-0.15, -0.1) is 0 Å². The van der Waals surface area contributed by atoms with E-state index < -0.39 is 0 Å². The predicted molar refractivity (Wildman–Crippen MR) is 90.3 cm³/mol. The highest BCUT2D eigenvalue weighted by Gasteiger charge is 2.01. The highest BCUT2D eigenvalue weighted by atomic mass is 16.5. The van der Waals surface area contributed by atoms with Gasteiger partial charge < -0.3 is 9.47 Å². The van der Waals surface area contributed by atoms with E-state index in [-0.39, 0.29) is 0 Å². The lowest BCUT2D eigenvalue weighted by atomic mass is 10.1. The molecule has 2 heteroatoms. The van der Waals surface area contributed by atoms with Crippen molar-refractivity contribution in [3.05, 3.63) is 24.3 Å². The van der Waals surface area contributed by atoms with Crippen LogP contribution in [0.3, 0.4) is 0 Å². The van der Waals surface area contributed by atoms with Crippen molar-refractivity contribution in [2.75, 3.05) is 13.7 Å². The number of hydrogen-bond donors (Lipinski definition) is 0. The Morgan fingerprint density at radius 2 is 1.24 bits per heavy atom. The molecule has 1 aromatic rings. The largest absolute Gasteiger partial charge is 0.493 e. The molecule has 0 saturated carbocycles. The van der Waals surface area contributed by atoms with Gasteiger partial charge in [0.2, 0.25) is 0 Å². The van der Waals surface area contributed by atoms with Gasteiger partial charge in [0.05, 0.1) is 13.7 Å². The summed E-state index contributed by atoms with van der Waals surface area (Å²) in [6, 6.07) is 7.85. The fourth-order valence-corrected chi connectivity index (χ4v) is 2.51. The molecule has 0 heterocycles. The number of methoxy groups -OCH3 is 1. The molecule has 0 bridgehead atoms. The smallest absolute Gasteiger partial charge is 0.161 e. The van der Waals surface area contributed by atoms with Crippen LogP contribution in [0, 0.1) is 0 Å². The lowest BCUT2D eigenvalue weighted by molar-refractivity contribution is 0.284. The van der Waals surface area contributed by atoms with Crippen LogP contribution in [0.15, 0.2) is 24.3 Å². The van der Waals surface area contributed by atoms with E-state index >= 15 is 0 Å². The van der Waals surface area contributed by atoms with Crippen molar-refractivity contribution in [1.29, 1.82) is 0 Å². The first-order chi connectivity index (χ1) is 10.4. The third-order valence-electron chi connectivity index (χ3n) is 3.82. The van der Waals surface area contributed by atoms with Gasteiger partial charge in [-0.25, -0.2) is 0 Å². The molecule has 1 rings (SSSR count). The van der Waals surface area contributed by atoms with Gasteiger partial charge in [0.1, 0.15) is 0 Å². The van der Waals surface area contributed by atoms with Gasteiger partial charge in [-0.2, -0.15) is 0 Å². The van der Waals surface area contributed by atoms with Crippen LogP contribution in [-0.4, -0.2) is 13.7 Å². The molecule has 0 radical (unpaired) electrons. The second-order valence-corrected chi connectivity index (χ2v) is 5.68. The van der Waals surface area contributed by atoms with Crippen LogP contribution in [0.1, 0.15) is 71.1 Å². The Kier molecular flexibility index (Phi) is 10.7. The first-order valence-corrected chi connectivity index (χ1v) is 8.64. The molecule has 0 aromatic heterocycles. The molecule has 0 amide bonds. The van der Waals surface area contributed by atoms with Crippen molar-refractivity contribution in [3.8, 4) is 11.5 Å². The van der Waals surface area contributed by atoms with E-state index in [1.54, 1.807) is 7.11 Å². The SMILES string of the molecule is CCCCCCCCCCCCOc1ccccc1OC. The zero-order chi connectivity index (χ0) is 15.2. The highest BCUT2D eigenvalue weighted by molar-refractivity contribution is 5.39. The maximum Gasteiger partial charge on any atom is 0.161 e. The van der Waals surface area contributed by atoms with E-state index in [2.05, 4.69) is 6.92 Å². The van der Waals surface area contributed by atoms with Crippen molar-refractivity contribution in [2.45, 2.75) is 71.1 Å². The molecule has 0 atom stereocenters. The number of para-hydroxylation sites is 2. The zero-order valence-corrected chi connectivity index (χ0v) is 13.9. The summed E-state index contributed by atoms with van der Waals surface area (Å²) in [5.41, 5.74) is 0. The molecule has 0 aliphatic carbocycles. The van der Waals surface area contributed by atoms with Crippen molar-refractivity contribution in [1.82, 2.24) is 0 Å². The molecule has 0 unspecified atom stereocenters. The fourth-order valence-electron chi connectivity index (χ4n) is 2.51. The Labute approximate surface area is 130 Å². The molecule has 0 saturated heterocycles. The van der Waals surface area contributed by atoms with Crippen molar-refractivity contribution in [2.24, 2.45) is 0 Å². The van der Waals surface area contributed by atoms with Gasteiger partial charge in [-0.1, -0.05) is 76.8 Å². The average molecular weight is 292 g/mol. The quantitative estimate of drug-likeness (QED) is 0.415. The number of unbranched alkanes of at least 4 members (excludes halogenated alkanes) is 9. The van der Waals surface area contributed by atoms with Gasteiger partial charge >= 0.3 is 0 Å². The van der Waals surface area contributed by atoms with Crippen LogP contribution in [0.4, 0.5) is 0 Å². The fraction of sp³-hybridized carbons (Fsp3) is 0.684. The van der Waals surface area contributed by atoms with Gasteiger partial charge in [0.15, 0.2) is 11.5 Å². The van der Waals surface area contributed by atoms with Gasteiger partial charge in [-0.05, 0) is 18.6 Å². The normalized spacial score (nSPS) is 10.6. The molecule has 0 N–H and O–H groups in total. The minimum atomic E-state index is 0.789. The molecular formula is C19H32O2. The monoisotopic (exact) mass is 292 g/mol. The Hall–Kier alpha value is -1.18. The van der Waals surface area contributed by atoms with Crippen molar-refractivity contribution < 1.29 is 9.47 Å². The number of rotatable bonds is 13. The molecule has 2 nitrogen and oxygen atoms in total. The summed E-state index contributed by atoms with van der Waals surface area (Å²) in [6.45, 7) is 3.06. The van der Waals surface area contributed by atoms with Crippen LogP contribution in [0.25, 0.3) is 0 Å². The second-order valence-electron chi connectivity index (χ2n) is 5.68. The van der Waals surface area contributed by atoms with Crippen LogP contribution in [-0.2, 0) is 0 Å². The maximum atomic E-state index is 5.78. The Morgan fingerprint density at radius 1 is 0.714 bits per heavy atom. The summed E-state index contributed by atoms with van der Waals surface area (Å²) in [5, 5.41) is 0. The molecule has 0 aliphatic rings. The summed E-state index contributed by atoms with van der Waals surface area (Å²) >= 11 is 0. The van der Waals surface area contributed by atoms with Crippen LogP contribution in [0.5, 0.6) is 11.5 Å². The van der Waals surface area contributed by atoms with Crippen LogP contribution < -0.4 is 9.47 Å². The van der Waals surface area contributed by atoms with Gasteiger partial charge in [-0.3, -0.25) is 0 Å². The third-order valence-corrected chi connectivity index (χ3v) is 3.82. The second kappa shape index (κ2) is 12.6. The molecule has 21 heavy (non-hydrogen) atoms. The minimum absolute atomic E-state index is 0.789.